The maximum absolute atomic E-state index is 11.5. The molecule has 0 saturated heterocycles. The molecule has 0 unspecified atom stereocenters. The van der Waals surface area contributed by atoms with E-state index in [1.54, 1.807) is 4.90 Å². The van der Waals surface area contributed by atoms with E-state index >= 15 is 0 Å². The van der Waals surface area contributed by atoms with Crippen molar-refractivity contribution < 1.29 is 19.5 Å². The van der Waals surface area contributed by atoms with Gasteiger partial charge in [-0.1, -0.05) is 0 Å². The van der Waals surface area contributed by atoms with Crippen molar-refractivity contribution in [3.8, 4) is 0 Å². The maximum Gasteiger partial charge on any atom is 0.325 e. The Morgan fingerprint density at radius 3 is 2.18 bits per heavy atom. The maximum atomic E-state index is 11.5. The molecule has 0 aliphatic carbocycles. The van der Waals surface area contributed by atoms with Gasteiger partial charge in [0.2, 0.25) is 5.91 Å². The van der Waals surface area contributed by atoms with Crippen molar-refractivity contribution in [1.82, 2.24) is 15.5 Å². The van der Waals surface area contributed by atoms with Crippen LogP contribution in [0.15, 0.2) is 0 Å². The molecular formula is C10H19N3O4. The largest absolute Gasteiger partial charge is 0.480 e. The molecule has 0 aromatic carbocycles. The van der Waals surface area contributed by atoms with Crippen LogP contribution in [0.4, 0.5) is 4.79 Å². The number of nitrogens with one attached hydrogen (secondary N) is 2. The number of aliphatic carboxylic acids is 1. The second-order valence-electron chi connectivity index (χ2n) is 3.45. The zero-order valence-corrected chi connectivity index (χ0v) is 10.3. The van der Waals surface area contributed by atoms with Gasteiger partial charge in [-0.2, -0.15) is 0 Å². The smallest absolute Gasteiger partial charge is 0.325 e. The van der Waals surface area contributed by atoms with Gasteiger partial charge < -0.3 is 20.6 Å². The molecule has 0 aromatic heterocycles. The van der Waals surface area contributed by atoms with Crippen molar-refractivity contribution in [2.24, 2.45) is 0 Å². The van der Waals surface area contributed by atoms with Crippen molar-refractivity contribution in [3.63, 3.8) is 0 Å². The van der Waals surface area contributed by atoms with Gasteiger partial charge in [0, 0.05) is 13.1 Å². The molecule has 17 heavy (non-hydrogen) atoms. The molecule has 0 aromatic rings. The fourth-order valence-corrected chi connectivity index (χ4v) is 1.15. The fraction of sp³-hybridized carbons (Fsp3) is 0.700. The summed E-state index contributed by atoms with van der Waals surface area (Å²) < 4.78 is 0. The van der Waals surface area contributed by atoms with Gasteiger partial charge in [-0.25, -0.2) is 4.79 Å². The lowest BCUT2D eigenvalue weighted by Gasteiger charge is -2.19. The molecule has 0 aliphatic rings. The Hall–Kier alpha value is -1.79. The summed E-state index contributed by atoms with van der Waals surface area (Å²) in [5, 5.41) is 13.1. The summed E-state index contributed by atoms with van der Waals surface area (Å²) in [5.41, 5.74) is 0. The monoisotopic (exact) mass is 245 g/mol. The highest BCUT2D eigenvalue weighted by molar-refractivity contribution is 5.86. The first-order valence-electron chi connectivity index (χ1n) is 5.47. The van der Waals surface area contributed by atoms with Crippen LogP contribution < -0.4 is 10.6 Å². The number of carboxylic acid groups (broad SMARTS) is 1. The fourth-order valence-electron chi connectivity index (χ4n) is 1.15. The first-order chi connectivity index (χ1) is 7.92. The molecule has 7 heteroatoms. The summed E-state index contributed by atoms with van der Waals surface area (Å²) in [6.07, 6.45) is 0. The van der Waals surface area contributed by atoms with E-state index < -0.39 is 18.0 Å². The normalized spacial score (nSPS) is 11.5. The molecule has 0 radical (unpaired) electrons. The summed E-state index contributed by atoms with van der Waals surface area (Å²) in [6.45, 7) is 6.03. The van der Waals surface area contributed by atoms with E-state index in [-0.39, 0.29) is 12.5 Å². The van der Waals surface area contributed by atoms with Crippen LogP contribution in [0, 0.1) is 0 Å². The highest BCUT2D eigenvalue weighted by Crippen LogP contribution is 1.87. The highest BCUT2D eigenvalue weighted by atomic mass is 16.4. The molecule has 0 bridgehead atoms. The Kier molecular flexibility index (Phi) is 6.69. The molecular weight excluding hydrogens is 226 g/mol. The topological polar surface area (TPSA) is 98.7 Å². The standard InChI is InChI=1S/C10H19N3O4/c1-4-13(5-2)8(14)6-11-10(17)12-7(3)9(15)16/h7H,4-6H2,1-3H3,(H,15,16)(H2,11,12,17)/t7-/m0/s1. The van der Waals surface area contributed by atoms with Gasteiger partial charge in [0.1, 0.15) is 6.04 Å². The van der Waals surface area contributed by atoms with Crippen LogP contribution in [-0.4, -0.2) is 53.6 Å². The molecule has 0 spiro atoms. The Morgan fingerprint density at radius 2 is 1.76 bits per heavy atom. The van der Waals surface area contributed by atoms with E-state index in [9.17, 15) is 14.4 Å². The third kappa shape index (κ3) is 5.74. The van der Waals surface area contributed by atoms with Crippen molar-refractivity contribution in [3.05, 3.63) is 0 Å². The Bertz CT molecular complexity index is 289. The highest BCUT2D eigenvalue weighted by Gasteiger charge is 2.15. The lowest BCUT2D eigenvalue weighted by molar-refractivity contribution is -0.138. The predicted octanol–water partition coefficient (Wildman–Crippen LogP) is -0.373. The van der Waals surface area contributed by atoms with Crippen molar-refractivity contribution in [2.75, 3.05) is 19.6 Å². The molecule has 0 fully saturated rings. The zero-order valence-electron chi connectivity index (χ0n) is 10.3. The minimum Gasteiger partial charge on any atom is -0.480 e. The number of rotatable bonds is 6. The number of hydrogen-bond acceptors (Lipinski definition) is 3. The number of likely N-dealkylation sites (N-methyl/N-ethyl adjacent to an activating group) is 1. The van der Waals surface area contributed by atoms with E-state index in [0.29, 0.717) is 13.1 Å². The molecule has 1 atom stereocenters. The van der Waals surface area contributed by atoms with Crippen LogP contribution in [0.3, 0.4) is 0 Å². The molecule has 3 amide bonds. The zero-order chi connectivity index (χ0) is 13.4. The SMILES string of the molecule is CCN(CC)C(=O)CNC(=O)N[C@@H](C)C(=O)O. The number of amides is 3. The second kappa shape index (κ2) is 7.48. The van der Waals surface area contributed by atoms with E-state index in [1.165, 1.54) is 6.92 Å². The first kappa shape index (κ1) is 15.2. The Morgan fingerprint density at radius 1 is 1.24 bits per heavy atom. The quantitative estimate of drug-likeness (QED) is 0.594. The van der Waals surface area contributed by atoms with E-state index in [0.717, 1.165) is 0 Å². The summed E-state index contributed by atoms with van der Waals surface area (Å²) in [4.78, 5) is 34.7. The average Bonchev–Trinajstić information content (AvgIpc) is 2.27. The summed E-state index contributed by atoms with van der Waals surface area (Å²) >= 11 is 0. The molecule has 98 valence electrons. The van der Waals surface area contributed by atoms with Gasteiger partial charge >= 0.3 is 12.0 Å². The number of carbonyl (C=O) groups excluding carboxylic acids is 2. The number of carbonyl (C=O) groups is 3. The predicted molar refractivity (Wildman–Crippen MR) is 61.6 cm³/mol. The van der Waals surface area contributed by atoms with Gasteiger partial charge in [-0.15, -0.1) is 0 Å². The second-order valence-corrected chi connectivity index (χ2v) is 3.45. The number of hydrogen-bond donors (Lipinski definition) is 3. The number of nitrogens with zero attached hydrogens (tertiary/aromatic N) is 1. The molecule has 7 nitrogen and oxygen atoms in total. The van der Waals surface area contributed by atoms with Gasteiger partial charge in [0.05, 0.1) is 6.54 Å². The van der Waals surface area contributed by atoms with Gasteiger partial charge in [-0.3, -0.25) is 9.59 Å². The van der Waals surface area contributed by atoms with Crippen LogP contribution in [0.1, 0.15) is 20.8 Å². The molecule has 3 N–H and O–H groups in total. The van der Waals surface area contributed by atoms with E-state index in [1.807, 2.05) is 13.8 Å². The Balaban J connectivity index is 3.99. The van der Waals surface area contributed by atoms with Crippen molar-refractivity contribution in [1.29, 1.82) is 0 Å². The third-order valence-corrected chi connectivity index (χ3v) is 2.23. The van der Waals surface area contributed by atoms with Crippen LogP contribution in [0.25, 0.3) is 0 Å². The van der Waals surface area contributed by atoms with Crippen molar-refractivity contribution >= 4 is 17.9 Å². The van der Waals surface area contributed by atoms with E-state index in [2.05, 4.69) is 10.6 Å². The lowest BCUT2D eigenvalue weighted by atomic mass is 10.3. The van der Waals surface area contributed by atoms with Crippen LogP contribution in [0.5, 0.6) is 0 Å². The molecule has 0 saturated carbocycles. The first-order valence-corrected chi connectivity index (χ1v) is 5.47. The summed E-state index contributed by atoms with van der Waals surface area (Å²) in [6, 6.07) is -1.65. The van der Waals surface area contributed by atoms with Gasteiger partial charge in [-0.05, 0) is 20.8 Å². The average molecular weight is 245 g/mol. The van der Waals surface area contributed by atoms with Crippen LogP contribution in [0.2, 0.25) is 0 Å². The summed E-state index contributed by atoms with van der Waals surface area (Å²) in [7, 11) is 0. The molecule has 0 heterocycles. The summed E-state index contributed by atoms with van der Waals surface area (Å²) in [5.74, 6) is -1.33. The van der Waals surface area contributed by atoms with Crippen molar-refractivity contribution in [2.45, 2.75) is 26.8 Å². The molecule has 0 aliphatic heterocycles. The minimum absolute atomic E-state index is 0.139. The molecule has 0 rings (SSSR count). The van der Waals surface area contributed by atoms with Gasteiger partial charge in [0.25, 0.3) is 0 Å². The van der Waals surface area contributed by atoms with Crippen LogP contribution >= 0.6 is 0 Å². The van der Waals surface area contributed by atoms with Gasteiger partial charge in [0.15, 0.2) is 0 Å². The lowest BCUT2D eigenvalue weighted by Crippen LogP contribution is -2.47. The Labute approximate surface area is 100 Å². The minimum atomic E-state index is -1.13. The third-order valence-electron chi connectivity index (χ3n) is 2.23. The number of urea groups is 1. The van der Waals surface area contributed by atoms with Crippen LogP contribution in [-0.2, 0) is 9.59 Å². The number of carboxylic acids is 1. The van der Waals surface area contributed by atoms with E-state index in [4.69, 9.17) is 5.11 Å².